The second-order valence-corrected chi connectivity index (χ2v) is 5.70. The van der Waals surface area contributed by atoms with Gasteiger partial charge in [0.25, 0.3) is 0 Å². The van der Waals surface area contributed by atoms with Gasteiger partial charge in [-0.1, -0.05) is 0 Å². The fourth-order valence-electron chi connectivity index (χ4n) is 2.24. The molecule has 0 spiro atoms. The molecule has 0 aliphatic carbocycles. The van der Waals surface area contributed by atoms with Gasteiger partial charge in [-0.3, -0.25) is 0 Å². The van der Waals surface area contributed by atoms with Crippen LogP contribution in [0.25, 0.3) is 0 Å². The SMILES string of the molecule is CC1OCCC1SCC1CCNCC1. The first-order chi connectivity index (χ1) is 6.86. The minimum atomic E-state index is 0.488. The summed E-state index contributed by atoms with van der Waals surface area (Å²) in [4.78, 5) is 0. The third kappa shape index (κ3) is 2.88. The summed E-state index contributed by atoms with van der Waals surface area (Å²) in [5.41, 5.74) is 0. The van der Waals surface area contributed by atoms with E-state index < -0.39 is 0 Å². The van der Waals surface area contributed by atoms with Gasteiger partial charge < -0.3 is 10.1 Å². The van der Waals surface area contributed by atoms with Gasteiger partial charge in [0.05, 0.1) is 6.10 Å². The van der Waals surface area contributed by atoms with Crippen molar-refractivity contribution in [3.63, 3.8) is 0 Å². The molecule has 0 radical (unpaired) electrons. The molecule has 2 aliphatic heterocycles. The molecule has 0 aromatic carbocycles. The molecular weight excluding hydrogens is 194 g/mol. The van der Waals surface area contributed by atoms with Crippen LogP contribution in [0.15, 0.2) is 0 Å². The van der Waals surface area contributed by atoms with E-state index in [9.17, 15) is 0 Å². The Morgan fingerprint density at radius 1 is 1.29 bits per heavy atom. The van der Waals surface area contributed by atoms with Crippen molar-refractivity contribution in [3.05, 3.63) is 0 Å². The van der Waals surface area contributed by atoms with Crippen molar-refractivity contribution in [2.24, 2.45) is 5.92 Å². The van der Waals surface area contributed by atoms with E-state index in [1.165, 1.54) is 38.1 Å². The van der Waals surface area contributed by atoms with Gasteiger partial charge in [0.1, 0.15) is 0 Å². The largest absolute Gasteiger partial charge is 0.377 e. The molecule has 14 heavy (non-hydrogen) atoms. The molecule has 1 N–H and O–H groups in total. The summed E-state index contributed by atoms with van der Waals surface area (Å²) >= 11 is 2.15. The lowest BCUT2D eigenvalue weighted by Crippen LogP contribution is -2.29. The quantitative estimate of drug-likeness (QED) is 0.777. The summed E-state index contributed by atoms with van der Waals surface area (Å²) in [6.07, 6.45) is 4.49. The summed E-state index contributed by atoms with van der Waals surface area (Å²) in [5.74, 6) is 2.30. The summed E-state index contributed by atoms with van der Waals surface area (Å²) < 4.78 is 5.57. The Kier molecular flexibility index (Phi) is 4.14. The highest BCUT2D eigenvalue weighted by atomic mass is 32.2. The van der Waals surface area contributed by atoms with Crippen LogP contribution in [0.1, 0.15) is 26.2 Å². The van der Waals surface area contributed by atoms with E-state index in [0.717, 1.165) is 17.8 Å². The lowest BCUT2D eigenvalue weighted by molar-refractivity contribution is 0.127. The van der Waals surface area contributed by atoms with Crippen LogP contribution in [0.5, 0.6) is 0 Å². The normalized spacial score (nSPS) is 34.9. The highest BCUT2D eigenvalue weighted by Crippen LogP contribution is 2.29. The van der Waals surface area contributed by atoms with Crippen molar-refractivity contribution in [2.45, 2.75) is 37.5 Å². The van der Waals surface area contributed by atoms with Crippen molar-refractivity contribution in [1.82, 2.24) is 5.32 Å². The molecule has 2 atom stereocenters. The number of hydrogen-bond donors (Lipinski definition) is 1. The molecule has 0 amide bonds. The maximum absolute atomic E-state index is 5.57. The predicted molar refractivity (Wildman–Crippen MR) is 61.9 cm³/mol. The fourth-order valence-corrected chi connectivity index (χ4v) is 3.70. The molecule has 2 fully saturated rings. The molecule has 0 aromatic heterocycles. The van der Waals surface area contributed by atoms with E-state index in [0.29, 0.717) is 6.10 Å². The second kappa shape index (κ2) is 5.38. The minimum absolute atomic E-state index is 0.488. The third-order valence-corrected chi connectivity index (χ3v) is 5.02. The Balaban J connectivity index is 1.65. The Morgan fingerprint density at radius 2 is 2.07 bits per heavy atom. The number of thioether (sulfide) groups is 1. The van der Waals surface area contributed by atoms with Crippen molar-refractivity contribution < 1.29 is 4.74 Å². The fraction of sp³-hybridized carbons (Fsp3) is 1.00. The van der Waals surface area contributed by atoms with E-state index >= 15 is 0 Å². The zero-order valence-electron chi connectivity index (χ0n) is 9.00. The van der Waals surface area contributed by atoms with Crippen molar-refractivity contribution in [2.75, 3.05) is 25.4 Å². The van der Waals surface area contributed by atoms with Gasteiger partial charge in [0.2, 0.25) is 0 Å². The Morgan fingerprint density at radius 3 is 2.71 bits per heavy atom. The molecule has 2 heterocycles. The molecule has 3 heteroatoms. The first-order valence-electron chi connectivity index (χ1n) is 5.80. The molecule has 2 rings (SSSR count). The monoisotopic (exact) mass is 215 g/mol. The van der Waals surface area contributed by atoms with Crippen LogP contribution >= 0.6 is 11.8 Å². The Bertz CT molecular complexity index is 171. The van der Waals surface area contributed by atoms with Crippen LogP contribution in [0.2, 0.25) is 0 Å². The molecule has 0 saturated carbocycles. The van der Waals surface area contributed by atoms with Gasteiger partial charge in [-0.05, 0) is 50.9 Å². The smallest absolute Gasteiger partial charge is 0.0666 e. The zero-order valence-corrected chi connectivity index (χ0v) is 9.81. The summed E-state index contributed by atoms with van der Waals surface area (Å²) in [5, 5.41) is 4.19. The molecule has 2 nitrogen and oxygen atoms in total. The van der Waals surface area contributed by atoms with Crippen LogP contribution in [-0.2, 0) is 4.74 Å². The molecule has 2 saturated heterocycles. The van der Waals surface area contributed by atoms with Gasteiger partial charge in [-0.2, -0.15) is 11.8 Å². The number of piperidine rings is 1. The Labute approximate surface area is 91.2 Å². The zero-order chi connectivity index (χ0) is 9.80. The van der Waals surface area contributed by atoms with Gasteiger partial charge >= 0.3 is 0 Å². The van der Waals surface area contributed by atoms with Gasteiger partial charge in [0, 0.05) is 11.9 Å². The highest BCUT2D eigenvalue weighted by Gasteiger charge is 2.25. The van der Waals surface area contributed by atoms with Gasteiger partial charge in [-0.25, -0.2) is 0 Å². The highest BCUT2D eigenvalue weighted by molar-refractivity contribution is 7.99. The number of hydrogen-bond acceptors (Lipinski definition) is 3. The maximum atomic E-state index is 5.57. The molecular formula is C11H21NOS. The molecule has 2 aliphatic rings. The summed E-state index contributed by atoms with van der Waals surface area (Å²) in [6, 6.07) is 0. The van der Waals surface area contributed by atoms with E-state index in [-0.39, 0.29) is 0 Å². The van der Waals surface area contributed by atoms with Gasteiger partial charge in [-0.15, -0.1) is 0 Å². The lowest BCUT2D eigenvalue weighted by Gasteiger charge is -2.24. The topological polar surface area (TPSA) is 21.3 Å². The van der Waals surface area contributed by atoms with Crippen molar-refractivity contribution in [1.29, 1.82) is 0 Å². The molecule has 82 valence electrons. The van der Waals surface area contributed by atoms with E-state index in [1.807, 2.05) is 0 Å². The van der Waals surface area contributed by atoms with Crippen LogP contribution in [0.4, 0.5) is 0 Å². The molecule has 2 unspecified atom stereocenters. The van der Waals surface area contributed by atoms with Crippen molar-refractivity contribution >= 4 is 11.8 Å². The van der Waals surface area contributed by atoms with E-state index in [2.05, 4.69) is 24.0 Å². The average molecular weight is 215 g/mol. The van der Waals surface area contributed by atoms with E-state index in [4.69, 9.17) is 4.74 Å². The van der Waals surface area contributed by atoms with Crippen LogP contribution < -0.4 is 5.32 Å². The second-order valence-electron chi connectivity index (χ2n) is 4.43. The Hall–Kier alpha value is 0.270. The van der Waals surface area contributed by atoms with Crippen LogP contribution in [-0.4, -0.2) is 36.8 Å². The number of ether oxygens (including phenoxy) is 1. The first-order valence-corrected chi connectivity index (χ1v) is 6.85. The third-order valence-electron chi connectivity index (χ3n) is 3.31. The minimum Gasteiger partial charge on any atom is -0.377 e. The number of nitrogens with one attached hydrogen (secondary N) is 1. The van der Waals surface area contributed by atoms with E-state index in [1.54, 1.807) is 0 Å². The predicted octanol–water partition coefficient (Wildman–Crippen LogP) is 1.90. The average Bonchev–Trinajstić information content (AvgIpc) is 2.63. The summed E-state index contributed by atoms with van der Waals surface area (Å²) in [6.45, 7) is 5.64. The standard InChI is InChI=1S/C11H21NOS/c1-9-11(4-7-13-9)14-8-10-2-5-12-6-3-10/h9-12H,2-8H2,1H3. The van der Waals surface area contributed by atoms with Crippen molar-refractivity contribution in [3.8, 4) is 0 Å². The molecule has 0 aromatic rings. The molecule has 0 bridgehead atoms. The van der Waals surface area contributed by atoms with Crippen LogP contribution in [0.3, 0.4) is 0 Å². The summed E-state index contributed by atoms with van der Waals surface area (Å²) in [7, 11) is 0. The van der Waals surface area contributed by atoms with Crippen LogP contribution in [0, 0.1) is 5.92 Å². The lowest BCUT2D eigenvalue weighted by atomic mass is 10.0. The number of rotatable bonds is 3. The first kappa shape index (κ1) is 10.8. The maximum Gasteiger partial charge on any atom is 0.0666 e. The van der Waals surface area contributed by atoms with Gasteiger partial charge in [0.15, 0.2) is 0 Å².